The monoisotopic (exact) mass is 312 g/mol. The van der Waals surface area contributed by atoms with Gasteiger partial charge >= 0.3 is 0 Å². The maximum atomic E-state index is 11.9. The number of benzene rings is 1. The minimum absolute atomic E-state index is 0.0578. The number of nitrogens with two attached hydrogens (primary N) is 1. The number of anilines is 1. The molecular weight excluding hydrogens is 296 g/mol. The van der Waals surface area contributed by atoms with Crippen molar-refractivity contribution in [3.05, 3.63) is 47.6 Å². The minimum atomic E-state index is -0.0578. The molecule has 112 valence electrons. The van der Waals surface area contributed by atoms with Crippen molar-refractivity contribution in [2.24, 2.45) is 0 Å². The second kappa shape index (κ2) is 5.65. The van der Waals surface area contributed by atoms with Gasteiger partial charge in [-0.2, -0.15) is 0 Å². The number of thiazole rings is 1. The standard InChI is InChI=1S/C16H16N4OS/c1-20(2)16(21)13-7-11(8-18-13)14-9-22-15(19-14)10-4-3-5-12(17)6-10/h3-9,18H,17H2,1-2H3. The summed E-state index contributed by atoms with van der Waals surface area (Å²) < 4.78 is 0. The molecule has 0 aliphatic carbocycles. The van der Waals surface area contributed by atoms with Gasteiger partial charge in [-0.15, -0.1) is 11.3 Å². The van der Waals surface area contributed by atoms with Crippen LogP contribution in [-0.4, -0.2) is 34.9 Å². The number of nitrogen functional groups attached to an aromatic ring is 1. The molecule has 6 heteroatoms. The maximum absolute atomic E-state index is 11.9. The number of hydrogen-bond donors (Lipinski definition) is 2. The quantitative estimate of drug-likeness (QED) is 0.730. The van der Waals surface area contributed by atoms with Crippen LogP contribution in [0.25, 0.3) is 21.8 Å². The molecule has 0 atom stereocenters. The Balaban J connectivity index is 1.90. The lowest BCUT2D eigenvalue weighted by atomic mass is 10.2. The molecule has 3 N–H and O–H groups in total. The third kappa shape index (κ3) is 2.73. The van der Waals surface area contributed by atoms with Gasteiger partial charge in [0.15, 0.2) is 0 Å². The van der Waals surface area contributed by atoms with Crippen molar-refractivity contribution in [2.45, 2.75) is 0 Å². The number of aromatic amines is 1. The molecule has 0 spiro atoms. The molecule has 0 fully saturated rings. The number of nitrogens with zero attached hydrogens (tertiary/aromatic N) is 2. The molecule has 0 saturated carbocycles. The molecule has 0 saturated heterocycles. The highest BCUT2D eigenvalue weighted by atomic mass is 32.1. The summed E-state index contributed by atoms with van der Waals surface area (Å²) in [6.07, 6.45) is 1.80. The summed E-state index contributed by atoms with van der Waals surface area (Å²) in [6, 6.07) is 9.47. The van der Waals surface area contributed by atoms with E-state index in [2.05, 4.69) is 9.97 Å². The van der Waals surface area contributed by atoms with E-state index < -0.39 is 0 Å². The van der Waals surface area contributed by atoms with Crippen molar-refractivity contribution in [3.8, 4) is 21.8 Å². The Morgan fingerprint density at radius 3 is 2.82 bits per heavy atom. The summed E-state index contributed by atoms with van der Waals surface area (Å²) in [5.41, 5.74) is 9.82. The van der Waals surface area contributed by atoms with Crippen LogP contribution in [0.1, 0.15) is 10.5 Å². The van der Waals surface area contributed by atoms with Gasteiger partial charge in [0.1, 0.15) is 10.7 Å². The van der Waals surface area contributed by atoms with Crippen molar-refractivity contribution >= 4 is 22.9 Å². The second-order valence-electron chi connectivity index (χ2n) is 5.16. The van der Waals surface area contributed by atoms with E-state index in [4.69, 9.17) is 5.73 Å². The van der Waals surface area contributed by atoms with Gasteiger partial charge in [-0.05, 0) is 18.2 Å². The van der Waals surface area contributed by atoms with Crippen molar-refractivity contribution in [2.75, 3.05) is 19.8 Å². The number of H-pyrrole nitrogens is 1. The van der Waals surface area contributed by atoms with Crippen molar-refractivity contribution in [1.29, 1.82) is 0 Å². The van der Waals surface area contributed by atoms with Gasteiger partial charge in [0.05, 0.1) is 5.69 Å². The topological polar surface area (TPSA) is 75.0 Å². The number of carbonyl (C=O) groups is 1. The molecule has 1 amide bonds. The summed E-state index contributed by atoms with van der Waals surface area (Å²) in [6.45, 7) is 0. The average Bonchev–Trinajstić information content (AvgIpc) is 3.15. The van der Waals surface area contributed by atoms with Crippen LogP contribution >= 0.6 is 11.3 Å². The molecule has 5 nitrogen and oxygen atoms in total. The fourth-order valence-electron chi connectivity index (χ4n) is 2.12. The Bertz CT molecular complexity index is 819. The molecule has 2 aromatic heterocycles. The maximum Gasteiger partial charge on any atom is 0.269 e. The van der Waals surface area contributed by atoms with Crippen LogP contribution in [0.4, 0.5) is 5.69 Å². The molecule has 3 aromatic rings. The van der Waals surface area contributed by atoms with E-state index in [0.717, 1.165) is 27.5 Å². The summed E-state index contributed by atoms with van der Waals surface area (Å²) in [5.74, 6) is -0.0578. The number of hydrogen-bond acceptors (Lipinski definition) is 4. The number of nitrogens with one attached hydrogen (secondary N) is 1. The predicted molar refractivity (Wildman–Crippen MR) is 89.8 cm³/mol. The molecule has 0 aliphatic rings. The zero-order chi connectivity index (χ0) is 15.7. The van der Waals surface area contributed by atoms with Gasteiger partial charge in [-0.3, -0.25) is 4.79 Å². The third-order valence-electron chi connectivity index (χ3n) is 3.25. The predicted octanol–water partition coefficient (Wildman–Crippen LogP) is 3.09. The highest BCUT2D eigenvalue weighted by molar-refractivity contribution is 7.13. The first kappa shape index (κ1) is 14.3. The van der Waals surface area contributed by atoms with Crippen LogP contribution in [0.5, 0.6) is 0 Å². The van der Waals surface area contributed by atoms with E-state index in [0.29, 0.717) is 5.69 Å². The summed E-state index contributed by atoms with van der Waals surface area (Å²) in [5, 5.41) is 2.88. The van der Waals surface area contributed by atoms with Crippen LogP contribution in [0.15, 0.2) is 41.9 Å². The van der Waals surface area contributed by atoms with E-state index in [-0.39, 0.29) is 5.91 Å². The van der Waals surface area contributed by atoms with E-state index in [1.807, 2.05) is 35.7 Å². The van der Waals surface area contributed by atoms with Crippen LogP contribution in [0.3, 0.4) is 0 Å². The first-order valence-electron chi connectivity index (χ1n) is 6.76. The summed E-state index contributed by atoms with van der Waals surface area (Å²) >= 11 is 1.55. The molecule has 0 aliphatic heterocycles. The van der Waals surface area contributed by atoms with Crippen LogP contribution in [0.2, 0.25) is 0 Å². The van der Waals surface area contributed by atoms with Gasteiger partial charge in [0.25, 0.3) is 5.91 Å². The van der Waals surface area contributed by atoms with Crippen LogP contribution < -0.4 is 5.73 Å². The Morgan fingerprint density at radius 1 is 1.27 bits per heavy atom. The lowest BCUT2D eigenvalue weighted by Crippen LogP contribution is -2.21. The molecule has 2 heterocycles. The van der Waals surface area contributed by atoms with Gasteiger partial charge < -0.3 is 15.6 Å². The highest BCUT2D eigenvalue weighted by Crippen LogP contribution is 2.30. The molecule has 0 bridgehead atoms. The largest absolute Gasteiger partial charge is 0.399 e. The van der Waals surface area contributed by atoms with Crippen LogP contribution in [0, 0.1) is 0 Å². The Labute approximate surface area is 132 Å². The SMILES string of the molecule is CN(C)C(=O)c1cc(-c2csc(-c3cccc(N)c3)n2)c[nH]1. The first-order chi connectivity index (χ1) is 10.5. The number of amides is 1. The van der Waals surface area contributed by atoms with E-state index >= 15 is 0 Å². The second-order valence-corrected chi connectivity index (χ2v) is 6.02. The van der Waals surface area contributed by atoms with Crippen molar-refractivity contribution in [3.63, 3.8) is 0 Å². The number of aromatic nitrogens is 2. The van der Waals surface area contributed by atoms with Crippen molar-refractivity contribution in [1.82, 2.24) is 14.9 Å². The smallest absolute Gasteiger partial charge is 0.269 e. The average molecular weight is 312 g/mol. The normalized spacial score (nSPS) is 10.6. The molecule has 22 heavy (non-hydrogen) atoms. The Morgan fingerprint density at radius 2 is 2.09 bits per heavy atom. The zero-order valence-electron chi connectivity index (χ0n) is 12.3. The van der Waals surface area contributed by atoms with Gasteiger partial charge in [-0.1, -0.05) is 12.1 Å². The van der Waals surface area contributed by atoms with Gasteiger partial charge in [0, 0.05) is 42.5 Å². The van der Waals surface area contributed by atoms with Gasteiger partial charge in [0.2, 0.25) is 0 Å². The fraction of sp³-hybridized carbons (Fsp3) is 0.125. The van der Waals surface area contributed by atoms with Crippen molar-refractivity contribution < 1.29 is 4.79 Å². The summed E-state index contributed by atoms with van der Waals surface area (Å²) in [7, 11) is 3.45. The molecule has 0 unspecified atom stereocenters. The lowest BCUT2D eigenvalue weighted by molar-refractivity contribution is 0.0822. The Kier molecular flexibility index (Phi) is 3.68. The minimum Gasteiger partial charge on any atom is -0.399 e. The fourth-order valence-corrected chi connectivity index (χ4v) is 2.94. The highest BCUT2D eigenvalue weighted by Gasteiger charge is 2.13. The lowest BCUT2D eigenvalue weighted by Gasteiger charge is -2.07. The molecular formula is C16H16N4OS. The number of rotatable bonds is 3. The zero-order valence-corrected chi connectivity index (χ0v) is 13.1. The van der Waals surface area contributed by atoms with E-state index in [9.17, 15) is 4.79 Å². The molecule has 3 rings (SSSR count). The Hall–Kier alpha value is -2.60. The number of carbonyl (C=O) groups excluding carboxylic acids is 1. The first-order valence-corrected chi connectivity index (χ1v) is 7.64. The van der Waals surface area contributed by atoms with Gasteiger partial charge in [-0.25, -0.2) is 4.98 Å². The van der Waals surface area contributed by atoms with E-state index in [1.165, 1.54) is 4.90 Å². The molecule has 0 radical (unpaired) electrons. The third-order valence-corrected chi connectivity index (χ3v) is 4.14. The summed E-state index contributed by atoms with van der Waals surface area (Å²) in [4.78, 5) is 21.1. The van der Waals surface area contributed by atoms with Crippen LogP contribution in [-0.2, 0) is 0 Å². The molecule has 1 aromatic carbocycles. The van der Waals surface area contributed by atoms with E-state index in [1.54, 1.807) is 31.6 Å².